The summed E-state index contributed by atoms with van der Waals surface area (Å²) in [5.74, 6) is 0.617. The van der Waals surface area contributed by atoms with Gasteiger partial charge in [0.2, 0.25) is 11.8 Å². The van der Waals surface area contributed by atoms with Gasteiger partial charge in [-0.15, -0.1) is 0 Å². The molecular formula is C25H30N6O2. The summed E-state index contributed by atoms with van der Waals surface area (Å²) >= 11 is 0. The van der Waals surface area contributed by atoms with Crippen molar-refractivity contribution in [1.82, 2.24) is 24.8 Å². The molecule has 0 saturated carbocycles. The van der Waals surface area contributed by atoms with E-state index in [9.17, 15) is 9.59 Å². The molecule has 33 heavy (non-hydrogen) atoms. The van der Waals surface area contributed by atoms with E-state index in [0.717, 1.165) is 28.8 Å². The van der Waals surface area contributed by atoms with E-state index in [-0.39, 0.29) is 17.9 Å². The summed E-state index contributed by atoms with van der Waals surface area (Å²) in [6, 6.07) is 12.1. The first-order valence-corrected chi connectivity index (χ1v) is 11.7. The van der Waals surface area contributed by atoms with E-state index in [2.05, 4.69) is 26.8 Å². The molecule has 2 amide bonds. The average Bonchev–Trinajstić information content (AvgIpc) is 3.46. The second-order valence-corrected chi connectivity index (χ2v) is 9.25. The predicted octanol–water partition coefficient (Wildman–Crippen LogP) is 2.68. The lowest BCUT2D eigenvalue weighted by molar-refractivity contribution is -0.144. The van der Waals surface area contributed by atoms with Crippen molar-refractivity contribution < 1.29 is 9.59 Å². The molecule has 0 spiro atoms. The van der Waals surface area contributed by atoms with Gasteiger partial charge in [0.1, 0.15) is 23.7 Å². The molecular weight excluding hydrogens is 416 g/mol. The number of benzene rings is 1. The van der Waals surface area contributed by atoms with Crippen LogP contribution < -0.4 is 4.90 Å². The normalized spacial score (nSPS) is 23.3. The van der Waals surface area contributed by atoms with Crippen molar-refractivity contribution in [2.24, 2.45) is 11.8 Å². The molecule has 172 valence electrons. The molecule has 8 nitrogen and oxygen atoms in total. The molecule has 0 radical (unpaired) electrons. The number of hydrogen-bond donors (Lipinski definition) is 1. The molecule has 2 fully saturated rings. The Bertz CT molecular complexity index is 1150. The van der Waals surface area contributed by atoms with Gasteiger partial charge in [0.05, 0.1) is 11.4 Å². The zero-order chi connectivity index (χ0) is 22.9. The number of H-pyrrole nitrogens is 1. The van der Waals surface area contributed by atoms with Gasteiger partial charge in [-0.25, -0.2) is 9.97 Å². The van der Waals surface area contributed by atoms with Gasteiger partial charge in [0, 0.05) is 39.4 Å². The number of carbonyl (C=O) groups is 2. The van der Waals surface area contributed by atoms with Crippen LogP contribution >= 0.6 is 0 Å². The number of likely N-dealkylation sites (tertiary alicyclic amines) is 2. The standard InChI is InChI=1S/C25H30N6O2/c1-17-9-12-31(15-21(17)29(2)23-19-8-11-26-22(19)27-16-28-23)25(33)20-10-13-30(24(20)32)14-18-6-4-3-5-7-18/h3-8,11,16-17,20-21H,9-10,12-15H2,1-2H3,(H,26,27,28)/t17-,20-,21+/m1/s1. The molecule has 2 aliphatic heterocycles. The number of anilines is 1. The monoisotopic (exact) mass is 446 g/mol. The van der Waals surface area contributed by atoms with Crippen LogP contribution in [0.25, 0.3) is 11.0 Å². The predicted molar refractivity (Wildman–Crippen MR) is 126 cm³/mol. The maximum atomic E-state index is 13.4. The number of nitrogens with one attached hydrogen (secondary N) is 1. The molecule has 1 aromatic carbocycles. The zero-order valence-electron chi connectivity index (χ0n) is 19.1. The highest BCUT2D eigenvalue weighted by Crippen LogP contribution is 2.30. The molecule has 8 heteroatoms. The van der Waals surface area contributed by atoms with Crippen LogP contribution in [-0.2, 0) is 16.1 Å². The minimum Gasteiger partial charge on any atom is -0.354 e. The lowest BCUT2D eigenvalue weighted by Crippen LogP contribution is -2.54. The van der Waals surface area contributed by atoms with Crippen molar-refractivity contribution in [2.45, 2.75) is 32.4 Å². The summed E-state index contributed by atoms with van der Waals surface area (Å²) < 4.78 is 0. The van der Waals surface area contributed by atoms with Crippen molar-refractivity contribution in [1.29, 1.82) is 0 Å². The third-order valence-corrected chi connectivity index (χ3v) is 7.21. The maximum absolute atomic E-state index is 13.4. The highest BCUT2D eigenvalue weighted by Gasteiger charge is 2.41. The summed E-state index contributed by atoms with van der Waals surface area (Å²) in [5.41, 5.74) is 1.90. The van der Waals surface area contributed by atoms with E-state index in [1.54, 1.807) is 6.33 Å². The Morgan fingerprint density at radius 2 is 1.97 bits per heavy atom. The van der Waals surface area contributed by atoms with Gasteiger partial charge in [-0.05, 0) is 30.4 Å². The number of aromatic amines is 1. The van der Waals surface area contributed by atoms with E-state index >= 15 is 0 Å². The minimum absolute atomic E-state index is 0.0321. The van der Waals surface area contributed by atoms with Gasteiger partial charge < -0.3 is 19.7 Å². The summed E-state index contributed by atoms with van der Waals surface area (Å²) in [5, 5.41) is 0.971. The second-order valence-electron chi connectivity index (χ2n) is 9.25. The Hall–Kier alpha value is -3.42. The Morgan fingerprint density at radius 1 is 1.15 bits per heavy atom. The topological polar surface area (TPSA) is 85.4 Å². The van der Waals surface area contributed by atoms with Crippen molar-refractivity contribution in [3.8, 4) is 0 Å². The van der Waals surface area contributed by atoms with E-state index in [1.807, 2.05) is 59.4 Å². The fourth-order valence-electron chi connectivity index (χ4n) is 5.20. The fraction of sp³-hybridized carbons (Fsp3) is 0.440. The minimum atomic E-state index is -0.566. The molecule has 3 aromatic rings. The first kappa shape index (κ1) is 21.4. The highest BCUT2D eigenvalue weighted by atomic mass is 16.2. The first-order chi connectivity index (χ1) is 16.0. The molecule has 4 heterocycles. The maximum Gasteiger partial charge on any atom is 0.235 e. The molecule has 0 unspecified atom stereocenters. The molecule has 0 aliphatic carbocycles. The third-order valence-electron chi connectivity index (χ3n) is 7.21. The van der Waals surface area contributed by atoms with E-state index in [1.165, 1.54) is 0 Å². The number of carbonyl (C=O) groups excluding carboxylic acids is 2. The van der Waals surface area contributed by atoms with Crippen molar-refractivity contribution in [3.63, 3.8) is 0 Å². The van der Waals surface area contributed by atoms with Crippen LogP contribution in [0.15, 0.2) is 48.9 Å². The first-order valence-electron chi connectivity index (χ1n) is 11.7. The molecule has 3 atom stereocenters. The fourth-order valence-corrected chi connectivity index (χ4v) is 5.20. The van der Waals surface area contributed by atoms with Crippen molar-refractivity contribution >= 4 is 28.7 Å². The largest absolute Gasteiger partial charge is 0.354 e. The van der Waals surface area contributed by atoms with Crippen LogP contribution in [0.2, 0.25) is 0 Å². The lowest BCUT2D eigenvalue weighted by Gasteiger charge is -2.42. The number of piperidine rings is 1. The van der Waals surface area contributed by atoms with Gasteiger partial charge in [-0.1, -0.05) is 37.3 Å². The third kappa shape index (κ3) is 4.05. The number of amides is 2. The van der Waals surface area contributed by atoms with Gasteiger partial charge in [-0.3, -0.25) is 9.59 Å². The molecule has 2 aromatic heterocycles. The number of hydrogen-bond acceptors (Lipinski definition) is 5. The Morgan fingerprint density at radius 3 is 2.79 bits per heavy atom. The molecule has 5 rings (SSSR count). The molecule has 0 bridgehead atoms. The van der Waals surface area contributed by atoms with Crippen LogP contribution in [0.3, 0.4) is 0 Å². The van der Waals surface area contributed by atoms with Crippen LogP contribution in [-0.4, -0.2) is 69.3 Å². The average molecular weight is 447 g/mol. The second kappa shape index (κ2) is 8.84. The Kier molecular flexibility index (Phi) is 5.74. The van der Waals surface area contributed by atoms with Crippen LogP contribution in [0, 0.1) is 11.8 Å². The van der Waals surface area contributed by atoms with Crippen LogP contribution in [0.4, 0.5) is 5.82 Å². The quantitative estimate of drug-likeness (QED) is 0.609. The van der Waals surface area contributed by atoms with E-state index in [0.29, 0.717) is 38.5 Å². The number of likely N-dealkylation sites (N-methyl/N-ethyl adjacent to an activating group) is 1. The van der Waals surface area contributed by atoms with Crippen molar-refractivity contribution in [3.05, 3.63) is 54.5 Å². The number of aromatic nitrogens is 3. The van der Waals surface area contributed by atoms with Gasteiger partial charge >= 0.3 is 0 Å². The van der Waals surface area contributed by atoms with Crippen molar-refractivity contribution in [2.75, 3.05) is 31.6 Å². The summed E-state index contributed by atoms with van der Waals surface area (Å²) in [6.45, 7) is 4.70. The number of rotatable bonds is 5. The lowest BCUT2D eigenvalue weighted by atomic mass is 9.91. The van der Waals surface area contributed by atoms with Crippen LogP contribution in [0.1, 0.15) is 25.3 Å². The smallest absolute Gasteiger partial charge is 0.235 e. The summed E-state index contributed by atoms with van der Waals surface area (Å²) in [7, 11) is 2.03. The summed E-state index contributed by atoms with van der Waals surface area (Å²) in [4.78, 5) is 44.3. The number of fused-ring (bicyclic) bond motifs is 1. The van der Waals surface area contributed by atoms with E-state index in [4.69, 9.17) is 0 Å². The van der Waals surface area contributed by atoms with Gasteiger partial charge in [0.25, 0.3) is 0 Å². The molecule has 2 aliphatic rings. The van der Waals surface area contributed by atoms with E-state index < -0.39 is 5.92 Å². The number of nitrogens with zero attached hydrogens (tertiary/aromatic N) is 5. The summed E-state index contributed by atoms with van der Waals surface area (Å²) in [6.07, 6.45) is 4.92. The Balaban J connectivity index is 1.28. The molecule has 1 N–H and O–H groups in total. The van der Waals surface area contributed by atoms with Gasteiger partial charge in [0.15, 0.2) is 0 Å². The van der Waals surface area contributed by atoms with Gasteiger partial charge in [-0.2, -0.15) is 0 Å². The van der Waals surface area contributed by atoms with Crippen LogP contribution in [0.5, 0.6) is 0 Å². The highest BCUT2D eigenvalue weighted by molar-refractivity contribution is 6.01. The molecule has 2 saturated heterocycles. The SMILES string of the molecule is C[C@@H]1CCN(C(=O)[C@@H]2CCN(Cc3ccccc3)C2=O)C[C@@H]1N(C)c1ncnc2[nH]ccc12. The Labute approximate surface area is 193 Å². The zero-order valence-corrected chi connectivity index (χ0v) is 19.1.